The van der Waals surface area contributed by atoms with Crippen LogP contribution in [0.5, 0.6) is 0 Å². The monoisotopic (exact) mass is 702 g/mol. The molecule has 8 heteroatoms. The molecule has 0 saturated heterocycles. The topological polar surface area (TPSA) is 110 Å². The fraction of sp³-hybridized carbons (Fsp3) is 0.950. The van der Waals surface area contributed by atoms with Crippen LogP contribution < -0.4 is 5.32 Å². The van der Waals surface area contributed by atoms with Crippen molar-refractivity contribution < 1.29 is 27.3 Å². The molecule has 0 aliphatic heterocycles. The second-order valence-corrected chi connectivity index (χ2v) is 15.9. The Balaban J connectivity index is 3.72. The maximum atomic E-state index is 12.4. The largest absolute Gasteiger partial charge is 0.465 e. The lowest BCUT2D eigenvalue weighted by atomic mass is 10.0. The Labute approximate surface area is 298 Å². The number of hydrogen-bond acceptors (Lipinski definition) is 5. The van der Waals surface area contributed by atoms with E-state index in [1.165, 1.54) is 161 Å². The van der Waals surface area contributed by atoms with Crippen LogP contribution in [0.4, 0.5) is 0 Å². The van der Waals surface area contributed by atoms with E-state index in [0.29, 0.717) is 13.0 Å². The smallest absolute Gasteiger partial charge is 0.327 e. The molecule has 0 bridgehead atoms. The van der Waals surface area contributed by atoms with Crippen LogP contribution in [-0.2, 0) is 24.4 Å². The molecule has 2 N–H and O–H groups in total. The first-order chi connectivity index (χ1) is 23.3. The lowest BCUT2D eigenvalue weighted by Gasteiger charge is -2.13. The zero-order valence-corrected chi connectivity index (χ0v) is 32.5. The van der Waals surface area contributed by atoms with E-state index in [0.717, 1.165) is 38.5 Å². The highest BCUT2D eigenvalue weighted by Gasteiger charge is 2.34. The number of carbonyl (C=O) groups is 2. The van der Waals surface area contributed by atoms with Gasteiger partial charge in [0.1, 0.15) is 0 Å². The van der Waals surface area contributed by atoms with Crippen molar-refractivity contribution in [3.63, 3.8) is 0 Å². The summed E-state index contributed by atoms with van der Waals surface area (Å²) >= 11 is 0. The third-order valence-electron chi connectivity index (χ3n) is 9.59. The molecule has 0 aromatic heterocycles. The van der Waals surface area contributed by atoms with Crippen molar-refractivity contribution in [2.45, 2.75) is 231 Å². The second-order valence-electron chi connectivity index (χ2n) is 14.3. The van der Waals surface area contributed by atoms with Gasteiger partial charge in [-0.3, -0.25) is 14.1 Å². The summed E-state index contributed by atoms with van der Waals surface area (Å²) in [4.78, 5) is 24.7. The molecule has 1 amide bonds. The number of carbonyl (C=O) groups excluding carboxylic acids is 2. The summed E-state index contributed by atoms with van der Waals surface area (Å²) in [6.45, 7) is 5.06. The van der Waals surface area contributed by atoms with Gasteiger partial charge in [0.15, 0.2) is 5.25 Å². The lowest BCUT2D eigenvalue weighted by Crippen LogP contribution is -2.38. The molecular formula is C40H79NO6S. The molecule has 1 atom stereocenters. The fourth-order valence-electron chi connectivity index (χ4n) is 6.37. The molecule has 48 heavy (non-hydrogen) atoms. The Morgan fingerprint density at radius 3 is 1.10 bits per heavy atom. The van der Waals surface area contributed by atoms with Gasteiger partial charge in [-0.2, -0.15) is 8.42 Å². The van der Waals surface area contributed by atoms with E-state index in [1.807, 2.05) is 0 Å². The van der Waals surface area contributed by atoms with E-state index in [4.69, 9.17) is 4.74 Å². The number of hydrogen-bond donors (Lipinski definition) is 2. The zero-order valence-electron chi connectivity index (χ0n) is 31.7. The lowest BCUT2D eigenvalue weighted by molar-refractivity contribution is -0.144. The van der Waals surface area contributed by atoms with Gasteiger partial charge >= 0.3 is 5.97 Å². The van der Waals surface area contributed by atoms with E-state index in [-0.39, 0.29) is 6.61 Å². The van der Waals surface area contributed by atoms with Gasteiger partial charge in [0.25, 0.3) is 10.1 Å². The molecule has 0 aromatic carbocycles. The Bertz CT molecular complexity index is 819. The maximum Gasteiger partial charge on any atom is 0.327 e. The molecule has 7 nitrogen and oxygen atoms in total. The Kier molecular flexibility index (Phi) is 34.8. The summed E-state index contributed by atoms with van der Waals surface area (Å²) in [6, 6.07) is 0. The number of amides is 1. The standard InChI is InChI=1S/C40H79NO6S/c1-3-5-7-9-11-13-15-17-19-21-23-25-27-29-31-33-35-41-39(42)37-38(48(44,45)46)40(43)47-36-34-32-30-28-26-24-22-20-18-16-14-12-10-8-6-4-2/h38H,3-37H2,1-2H3,(H,41,42)(H,44,45,46). The van der Waals surface area contributed by atoms with Crippen LogP contribution in [0, 0.1) is 0 Å². The molecule has 0 spiro atoms. The first-order valence-electron chi connectivity index (χ1n) is 20.7. The predicted molar refractivity (Wildman–Crippen MR) is 203 cm³/mol. The normalized spacial score (nSPS) is 12.3. The first-order valence-corrected chi connectivity index (χ1v) is 22.2. The molecule has 0 fully saturated rings. The van der Waals surface area contributed by atoms with Crippen molar-refractivity contribution in [3.05, 3.63) is 0 Å². The van der Waals surface area contributed by atoms with Gasteiger partial charge in [-0.1, -0.05) is 206 Å². The molecule has 286 valence electrons. The fourth-order valence-corrected chi connectivity index (χ4v) is 7.04. The number of esters is 1. The molecule has 0 aromatic rings. The number of ether oxygens (including phenoxy) is 1. The SMILES string of the molecule is CCCCCCCCCCCCCCCCCCNC(=O)CC(C(=O)OCCCCCCCCCCCCCCCCCC)S(=O)(=O)O. The molecule has 0 radical (unpaired) electrons. The number of rotatable bonds is 38. The summed E-state index contributed by atoms with van der Waals surface area (Å²) in [5.74, 6) is -1.60. The molecule has 0 aliphatic carbocycles. The Hall–Kier alpha value is -1.15. The van der Waals surface area contributed by atoms with Gasteiger partial charge < -0.3 is 10.1 Å². The molecule has 0 aliphatic rings. The van der Waals surface area contributed by atoms with Gasteiger partial charge in [-0.15, -0.1) is 0 Å². The number of nitrogens with one attached hydrogen (secondary N) is 1. The highest BCUT2D eigenvalue weighted by Crippen LogP contribution is 2.16. The maximum absolute atomic E-state index is 12.4. The summed E-state index contributed by atoms with van der Waals surface area (Å²) in [7, 11) is -4.73. The van der Waals surface area contributed by atoms with E-state index >= 15 is 0 Å². The first kappa shape index (κ1) is 46.9. The Morgan fingerprint density at radius 2 is 0.792 bits per heavy atom. The van der Waals surface area contributed by atoms with Crippen LogP contribution in [0.3, 0.4) is 0 Å². The van der Waals surface area contributed by atoms with E-state index in [1.54, 1.807) is 0 Å². The summed E-state index contributed by atoms with van der Waals surface area (Å²) in [6.07, 6.45) is 39.6. The van der Waals surface area contributed by atoms with Gasteiger partial charge in [0, 0.05) is 6.54 Å². The average molecular weight is 702 g/mol. The van der Waals surface area contributed by atoms with Crippen LogP contribution in [0.2, 0.25) is 0 Å². The molecular weight excluding hydrogens is 623 g/mol. The van der Waals surface area contributed by atoms with Gasteiger partial charge in [-0.05, 0) is 12.8 Å². The van der Waals surface area contributed by atoms with E-state index < -0.39 is 33.7 Å². The van der Waals surface area contributed by atoms with Crippen LogP contribution in [0.15, 0.2) is 0 Å². The summed E-state index contributed by atoms with van der Waals surface area (Å²) in [5.41, 5.74) is 0. The van der Waals surface area contributed by atoms with Gasteiger partial charge in [-0.25, -0.2) is 0 Å². The summed E-state index contributed by atoms with van der Waals surface area (Å²) in [5, 5.41) is 0.822. The Morgan fingerprint density at radius 1 is 0.500 bits per heavy atom. The van der Waals surface area contributed by atoms with Crippen molar-refractivity contribution >= 4 is 22.0 Å². The third-order valence-corrected chi connectivity index (χ3v) is 10.7. The number of unbranched alkanes of at least 4 members (excludes halogenated alkanes) is 30. The third kappa shape index (κ3) is 33.4. The zero-order chi connectivity index (χ0) is 35.4. The van der Waals surface area contributed by atoms with Crippen LogP contribution >= 0.6 is 0 Å². The molecule has 0 rings (SSSR count). The molecule has 1 unspecified atom stereocenters. The van der Waals surface area contributed by atoms with Crippen molar-refractivity contribution in [1.82, 2.24) is 5.32 Å². The predicted octanol–water partition coefficient (Wildman–Crippen LogP) is 11.8. The van der Waals surface area contributed by atoms with Crippen molar-refractivity contribution in [2.75, 3.05) is 13.2 Å². The quantitative estimate of drug-likeness (QED) is 0.0377. The average Bonchev–Trinajstić information content (AvgIpc) is 3.05. The van der Waals surface area contributed by atoms with Gasteiger partial charge in [0.05, 0.1) is 13.0 Å². The van der Waals surface area contributed by atoms with Gasteiger partial charge in [0.2, 0.25) is 5.91 Å². The minimum atomic E-state index is -4.73. The highest BCUT2D eigenvalue weighted by molar-refractivity contribution is 7.87. The van der Waals surface area contributed by atoms with Crippen molar-refractivity contribution in [3.8, 4) is 0 Å². The second kappa shape index (κ2) is 35.7. The van der Waals surface area contributed by atoms with E-state index in [2.05, 4.69) is 19.2 Å². The van der Waals surface area contributed by atoms with Crippen molar-refractivity contribution in [2.24, 2.45) is 0 Å². The molecule has 0 saturated carbocycles. The van der Waals surface area contributed by atoms with Crippen LogP contribution in [-0.4, -0.2) is 43.2 Å². The van der Waals surface area contributed by atoms with Crippen LogP contribution in [0.25, 0.3) is 0 Å². The molecule has 0 heterocycles. The van der Waals surface area contributed by atoms with E-state index in [9.17, 15) is 22.6 Å². The van der Waals surface area contributed by atoms with Crippen molar-refractivity contribution in [1.29, 1.82) is 0 Å². The minimum absolute atomic E-state index is 0.101. The highest BCUT2D eigenvalue weighted by atomic mass is 32.2. The minimum Gasteiger partial charge on any atom is -0.465 e. The summed E-state index contributed by atoms with van der Waals surface area (Å²) < 4.78 is 38.3. The van der Waals surface area contributed by atoms with Crippen LogP contribution in [0.1, 0.15) is 226 Å².